The third kappa shape index (κ3) is 6.19. The smallest absolute Gasteiger partial charge is 0.343 e. The molecule has 5 nitrogen and oxygen atoms in total. The second-order valence-corrected chi connectivity index (χ2v) is 9.77. The third-order valence-corrected chi connectivity index (χ3v) is 7.14. The number of alkyl halides is 2. The number of esters is 1. The molecule has 4 rings (SSSR count). The maximum absolute atomic E-state index is 14.0. The van der Waals surface area contributed by atoms with Gasteiger partial charge in [0.2, 0.25) is 5.92 Å². The summed E-state index contributed by atoms with van der Waals surface area (Å²) in [7, 11) is 0. The van der Waals surface area contributed by atoms with Gasteiger partial charge in [-0.25, -0.2) is 22.7 Å². The van der Waals surface area contributed by atoms with Gasteiger partial charge in [-0.15, -0.1) is 0 Å². The normalized spacial score (nSPS) is 18.5. The SMILES string of the molecule is Cc1n(CCOC(=O)[C@](O)(c2ccc(Br)cc2)[C@@H]2CCC(F)(F)C2)cc[n+]1Cc1ccccc1.[Br-]. The number of aromatic nitrogens is 2. The molecule has 0 radical (unpaired) electrons. The summed E-state index contributed by atoms with van der Waals surface area (Å²) < 4.78 is 38.2. The lowest BCUT2D eigenvalue weighted by atomic mass is 9.80. The van der Waals surface area contributed by atoms with Crippen LogP contribution >= 0.6 is 15.9 Å². The fraction of sp³-hybridized carbons (Fsp3) is 0.385. The van der Waals surface area contributed by atoms with Crippen molar-refractivity contribution in [1.29, 1.82) is 0 Å². The summed E-state index contributed by atoms with van der Waals surface area (Å²) in [5, 5.41) is 11.5. The average molecular weight is 614 g/mol. The van der Waals surface area contributed by atoms with Crippen LogP contribution < -0.4 is 21.5 Å². The molecule has 1 heterocycles. The van der Waals surface area contributed by atoms with E-state index in [4.69, 9.17) is 4.74 Å². The van der Waals surface area contributed by atoms with Crippen molar-refractivity contribution in [3.8, 4) is 0 Å². The first-order chi connectivity index (χ1) is 16.2. The maximum atomic E-state index is 14.0. The van der Waals surface area contributed by atoms with Crippen molar-refractivity contribution < 1.29 is 45.0 Å². The fourth-order valence-electron chi connectivity index (χ4n) is 4.60. The predicted molar refractivity (Wildman–Crippen MR) is 126 cm³/mol. The van der Waals surface area contributed by atoms with Gasteiger partial charge in [-0.05, 0) is 29.7 Å². The van der Waals surface area contributed by atoms with Gasteiger partial charge in [-0.2, -0.15) is 0 Å². The van der Waals surface area contributed by atoms with Crippen LogP contribution in [0.2, 0.25) is 0 Å². The van der Waals surface area contributed by atoms with Gasteiger partial charge in [0.15, 0.2) is 5.60 Å². The number of aliphatic hydroxyl groups is 1. The number of ether oxygens (including phenoxy) is 1. The van der Waals surface area contributed by atoms with E-state index in [1.165, 1.54) is 5.56 Å². The minimum atomic E-state index is -2.90. The molecule has 1 aliphatic rings. The van der Waals surface area contributed by atoms with E-state index in [2.05, 4.69) is 32.6 Å². The van der Waals surface area contributed by atoms with Crippen LogP contribution in [0.5, 0.6) is 0 Å². The van der Waals surface area contributed by atoms with Gasteiger partial charge in [0.05, 0.1) is 0 Å². The molecular weight excluding hydrogens is 586 g/mol. The minimum Gasteiger partial charge on any atom is -1.00 e. The standard InChI is InChI=1S/C26H28BrF2N2O3.BrH/c1-19-30(13-14-31(19)18-20-5-3-2-4-6-20)15-16-34-24(32)26(33,21-7-9-23(27)10-8-21)22-11-12-25(28,29)17-22;/h2-10,13-14,22,33H,11-12,15-18H2,1H3;1H/q+1;/p-1/t22-,26+;/m1./s1. The van der Waals surface area contributed by atoms with Crippen LogP contribution in [0.1, 0.15) is 36.2 Å². The van der Waals surface area contributed by atoms with E-state index in [-0.39, 0.29) is 42.0 Å². The second-order valence-electron chi connectivity index (χ2n) is 8.86. The first-order valence-electron chi connectivity index (χ1n) is 11.3. The van der Waals surface area contributed by atoms with Gasteiger partial charge in [0, 0.05) is 30.2 Å². The topological polar surface area (TPSA) is 55.3 Å². The number of benzene rings is 2. The Hall–Kier alpha value is -2.10. The average Bonchev–Trinajstić information content (AvgIpc) is 3.36. The number of halogens is 4. The van der Waals surface area contributed by atoms with Crippen molar-refractivity contribution in [1.82, 2.24) is 4.57 Å². The van der Waals surface area contributed by atoms with E-state index in [0.29, 0.717) is 6.54 Å². The molecule has 2 atom stereocenters. The molecule has 0 unspecified atom stereocenters. The van der Waals surface area contributed by atoms with Crippen molar-refractivity contribution >= 4 is 21.9 Å². The Kier molecular flexibility index (Phi) is 8.88. The van der Waals surface area contributed by atoms with E-state index >= 15 is 0 Å². The van der Waals surface area contributed by atoms with E-state index in [1.54, 1.807) is 24.3 Å². The lowest BCUT2D eigenvalue weighted by Crippen LogP contribution is -3.00. The summed E-state index contributed by atoms with van der Waals surface area (Å²) in [6.45, 7) is 3.10. The largest absolute Gasteiger partial charge is 1.00 e. The molecule has 1 aliphatic carbocycles. The van der Waals surface area contributed by atoms with E-state index in [9.17, 15) is 18.7 Å². The zero-order valence-electron chi connectivity index (χ0n) is 19.3. The summed E-state index contributed by atoms with van der Waals surface area (Å²) in [6.07, 6.45) is 3.01. The summed E-state index contributed by atoms with van der Waals surface area (Å²) in [6, 6.07) is 16.6. The highest BCUT2D eigenvalue weighted by Gasteiger charge is 2.54. The molecule has 1 aromatic heterocycles. The summed E-state index contributed by atoms with van der Waals surface area (Å²) >= 11 is 3.33. The van der Waals surface area contributed by atoms with Gasteiger partial charge < -0.3 is 26.8 Å². The molecular formula is C26H28Br2F2N2O3. The number of carbonyl (C=O) groups is 1. The van der Waals surface area contributed by atoms with Crippen LogP contribution in [0.25, 0.3) is 0 Å². The van der Waals surface area contributed by atoms with Crippen molar-refractivity contribution in [3.63, 3.8) is 0 Å². The van der Waals surface area contributed by atoms with Gasteiger partial charge in [-0.1, -0.05) is 58.4 Å². The van der Waals surface area contributed by atoms with Crippen molar-refractivity contribution in [2.75, 3.05) is 6.61 Å². The first-order valence-corrected chi connectivity index (χ1v) is 12.1. The zero-order valence-corrected chi connectivity index (χ0v) is 22.5. The van der Waals surface area contributed by atoms with Gasteiger partial charge in [0.1, 0.15) is 32.1 Å². The van der Waals surface area contributed by atoms with E-state index < -0.39 is 29.8 Å². The Morgan fingerprint density at radius 2 is 1.91 bits per heavy atom. The second kappa shape index (κ2) is 11.3. The number of hydrogen-bond donors (Lipinski definition) is 1. The van der Waals surface area contributed by atoms with Crippen molar-refractivity contribution in [2.45, 2.75) is 50.8 Å². The molecule has 1 N–H and O–H groups in total. The minimum absolute atomic E-state index is 0. The van der Waals surface area contributed by atoms with Gasteiger partial charge >= 0.3 is 5.97 Å². The molecule has 1 saturated carbocycles. The number of imidazole rings is 1. The highest BCUT2D eigenvalue weighted by Crippen LogP contribution is 2.48. The molecule has 3 aromatic rings. The van der Waals surface area contributed by atoms with Crippen LogP contribution in [-0.4, -0.2) is 28.2 Å². The van der Waals surface area contributed by atoms with Gasteiger partial charge in [0.25, 0.3) is 5.82 Å². The summed E-state index contributed by atoms with van der Waals surface area (Å²) in [5.74, 6) is -3.72. The number of nitrogens with zero attached hydrogens (tertiary/aromatic N) is 2. The highest BCUT2D eigenvalue weighted by atomic mass is 79.9. The number of hydrogen-bond acceptors (Lipinski definition) is 3. The Morgan fingerprint density at radius 1 is 1.23 bits per heavy atom. The monoisotopic (exact) mass is 612 g/mol. The highest BCUT2D eigenvalue weighted by molar-refractivity contribution is 9.10. The van der Waals surface area contributed by atoms with Crippen LogP contribution in [0.3, 0.4) is 0 Å². The summed E-state index contributed by atoms with van der Waals surface area (Å²) in [4.78, 5) is 13.1. The lowest BCUT2D eigenvalue weighted by molar-refractivity contribution is -0.694. The zero-order chi connectivity index (χ0) is 24.3. The third-order valence-electron chi connectivity index (χ3n) is 6.61. The first kappa shape index (κ1) is 27.5. The molecule has 0 spiro atoms. The molecule has 9 heteroatoms. The van der Waals surface area contributed by atoms with Crippen molar-refractivity contribution in [2.24, 2.45) is 5.92 Å². The van der Waals surface area contributed by atoms with Crippen LogP contribution in [0, 0.1) is 12.8 Å². The van der Waals surface area contributed by atoms with E-state index in [1.807, 2.05) is 42.1 Å². The number of rotatable bonds is 8. The van der Waals surface area contributed by atoms with Crippen molar-refractivity contribution in [3.05, 3.63) is 88.4 Å². The fourth-order valence-corrected chi connectivity index (χ4v) is 4.87. The molecule has 188 valence electrons. The Balaban J connectivity index is 0.00000342. The maximum Gasteiger partial charge on any atom is 0.343 e. The Bertz CT molecular complexity index is 1140. The molecule has 2 aromatic carbocycles. The van der Waals surface area contributed by atoms with E-state index in [0.717, 1.165) is 16.8 Å². The summed E-state index contributed by atoms with van der Waals surface area (Å²) in [5.41, 5.74) is -0.687. The molecule has 0 bridgehead atoms. The number of carbonyl (C=O) groups excluding carboxylic acids is 1. The van der Waals surface area contributed by atoms with Crippen LogP contribution in [0.15, 0.2) is 71.5 Å². The Labute approximate surface area is 222 Å². The predicted octanol–water partition coefficient (Wildman–Crippen LogP) is 1.77. The molecule has 0 amide bonds. The van der Waals surface area contributed by atoms with Crippen LogP contribution in [0.4, 0.5) is 8.78 Å². The molecule has 1 fully saturated rings. The Morgan fingerprint density at radius 3 is 2.54 bits per heavy atom. The quantitative estimate of drug-likeness (QED) is 0.311. The van der Waals surface area contributed by atoms with Gasteiger partial charge in [-0.3, -0.25) is 0 Å². The molecule has 35 heavy (non-hydrogen) atoms. The molecule has 0 aliphatic heterocycles. The van der Waals surface area contributed by atoms with Crippen LogP contribution in [-0.2, 0) is 28.2 Å². The lowest BCUT2D eigenvalue weighted by Gasteiger charge is -2.32. The molecule has 0 saturated heterocycles.